The van der Waals surface area contributed by atoms with E-state index in [-0.39, 0.29) is 23.0 Å². The molecule has 49 heavy (non-hydrogen) atoms. The second kappa shape index (κ2) is 13.4. The van der Waals surface area contributed by atoms with Gasteiger partial charge in [0.05, 0.1) is 18.9 Å². The molecule has 1 aliphatic heterocycles. The molecule has 1 aliphatic carbocycles. The van der Waals surface area contributed by atoms with Crippen LogP contribution in [0.2, 0.25) is 0 Å². The van der Waals surface area contributed by atoms with Crippen molar-refractivity contribution in [2.45, 2.75) is 49.7 Å². The van der Waals surface area contributed by atoms with Crippen LogP contribution in [0.25, 0.3) is 11.3 Å². The molecule has 2 aliphatic rings. The lowest BCUT2D eigenvalue weighted by molar-refractivity contribution is -0.205. The summed E-state index contributed by atoms with van der Waals surface area (Å²) in [7, 11) is 1.32. The lowest BCUT2D eigenvalue weighted by Gasteiger charge is -2.32. The Balaban J connectivity index is 1.55. The van der Waals surface area contributed by atoms with Crippen molar-refractivity contribution < 1.29 is 64.1 Å². The van der Waals surface area contributed by atoms with E-state index < -0.39 is 89.9 Å². The Morgan fingerprint density at radius 2 is 1.71 bits per heavy atom. The predicted octanol–water partition coefficient (Wildman–Crippen LogP) is 5.34. The van der Waals surface area contributed by atoms with Gasteiger partial charge in [-0.3, -0.25) is 14.4 Å². The number of nitrogens with one attached hydrogen (secondary N) is 2. The van der Waals surface area contributed by atoms with E-state index >= 15 is 0 Å². The Morgan fingerprint density at radius 3 is 2.31 bits per heavy atom. The fraction of sp³-hybridized carbons (Fsp3) is 0.375. The molecule has 0 spiro atoms. The van der Waals surface area contributed by atoms with Crippen molar-refractivity contribution in [1.82, 2.24) is 15.6 Å². The summed E-state index contributed by atoms with van der Waals surface area (Å²) < 4.78 is 123. The van der Waals surface area contributed by atoms with E-state index in [9.17, 15) is 45.1 Å². The van der Waals surface area contributed by atoms with Crippen LogP contribution in [-0.2, 0) is 19.9 Å². The van der Waals surface area contributed by atoms with Crippen LogP contribution in [0.3, 0.4) is 0 Å². The number of esters is 1. The van der Waals surface area contributed by atoms with Gasteiger partial charge in [0.15, 0.2) is 29.4 Å². The molecule has 2 aromatic carbocycles. The van der Waals surface area contributed by atoms with Crippen molar-refractivity contribution in [2.24, 2.45) is 0 Å². The van der Waals surface area contributed by atoms with Crippen LogP contribution in [0.4, 0.5) is 30.7 Å². The number of nitrogens with zero attached hydrogens (tertiary/aromatic N) is 1. The summed E-state index contributed by atoms with van der Waals surface area (Å²) in [5.74, 6) is -6.91. The van der Waals surface area contributed by atoms with Crippen molar-refractivity contribution in [1.29, 1.82) is 0 Å². The Kier molecular flexibility index (Phi) is 9.65. The van der Waals surface area contributed by atoms with Crippen molar-refractivity contribution in [3.63, 3.8) is 0 Å². The van der Waals surface area contributed by atoms with Crippen LogP contribution >= 0.6 is 0 Å². The van der Waals surface area contributed by atoms with E-state index in [1.807, 2.05) is 0 Å². The maximum absolute atomic E-state index is 14.8. The third-order valence-corrected chi connectivity index (χ3v) is 7.71. The number of amides is 2. The zero-order valence-electron chi connectivity index (χ0n) is 25.8. The number of ether oxygens (including phenoxy) is 4. The Bertz CT molecular complexity index is 1740. The Morgan fingerprint density at radius 1 is 1.02 bits per heavy atom. The summed E-state index contributed by atoms with van der Waals surface area (Å²) in [5, 5.41) is 3.87. The molecule has 10 nitrogen and oxygen atoms in total. The first-order valence-corrected chi connectivity index (χ1v) is 14.7. The average Bonchev–Trinajstić information content (AvgIpc) is 3.77. The number of aromatic nitrogens is 1. The number of methoxy groups -OCH3 is 1. The molecule has 0 unspecified atom stereocenters. The topological polar surface area (TPSA) is 125 Å². The summed E-state index contributed by atoms with van der Waals surface area (Å²) in [4.78, 5) is 40.7. The fourth-order valence-electron chi connectivity index (χ4n) is 5.06. The second-order valence-corrected chi connectivity index (χ2v) is 11.3. The second-order valence-electron chi connectivity index (χ2n) is 11.3. The van der Waals surface area contributed by atoms with Crippen LogP contribution in [0.1, 0.15) is 47.3 Å². The highest BCUT2D eigenvalue weighted by atomic mass is 19.4. The molecule has 2 N–H and O–H groups in total. The van der Waals surface area contributed by atoms with Crippen LogP contribution in [0, 0.1) is 5.82 Å². The highest BCUT2D eigenvalue weighted by Crippen LogP contribution is 2.51. The molecule has 3 aromatic rings. The zero-order valence-corrected chi connectivity index (χ0v) is 25.8. The minimum absolute atomic E-state index is 0.00980. The smallest absolute Gasteiger partial charge is 0.419 e. The number of halogens is 7. The van der Waals surface area contributed by atoms with E-state index in [0.29, 0.717) is 11.8 Å². The molecular weight excluding hydrogens is 671 g/mol. The van der Waals surface area contributed by atoms with Gasteiger partial charge in [0.25, 0.3) is 11.8 Å². The van der Waals surface area contributed by atoms with Gasteiger partial charge in [0, 0.05) is 30.2 Å². The Labute approximate surface area is 273 Å². The number of hydrogen-bond acceptors (Lipinski definition) is 8. The molecule has 5 rings (SSSR count). The molecule has 0 bridgehead atoms. The number of carbonyl (C=O) groups excluding carboxylic acids is 3. The molecular formula is C32H28F7N3O7. The van der Waals surface area contributed by atoms with Crippen molar-refractivity contribution in [3.8, 4) is 28.5 Å². The quantitative estimate of drug-likeness (QED) is 0.203. The number of pyridine rings is 1. The first-order chi connectivity index (χ1) is 23.0. The molecule has 1 saturated carbocycles. The summed E-state index contributed by atoms with van der Waals surface area (Å²) in [6.07, 6.45) is -8.88. The first-order valence-electron chi connectivity index (χ1n) is 14.7. The van der Waals surface area contributed by atoms with Gasteiger partial charge in [-0.25, -0.2) is 9.37 Å². The van der Waals surface area contributed by atoms with Crippen LogP contribution < -0.4 is 24.8 Å². The molecule has 1 aromatic heterocycles. The number of fused-ring (bicyclic) bond motifs is 1. The van der Waals surface area contributed by atoms with Crippen LogP contribution in [0.5, 0.6) is 17.2 Å². The predicted molar refractivity (Wildman–Crippen MR) is 155 cm³/mol. The average molecular weight is 700 g/mol. The van der Waals surface area contributed by atoms with E-state index in [1.54, 1.807) is 5.32 Å². The number of alkyl halides is 6. The van der Waals surface area contributed by atoms with Gasteiger partial charge in [-0.2, -0.15) is 26.3 Å². The summed E-state index contributed by atoms with van der Waals surface area (Å²) in [6.45, 7) is -2.69. The molecule has 2 atom stereocenters. The summed E-state index contributed by atoms with van der Waals surface area (Å²) in [5.41, 5.74) is -6.01. The monoisotopic (exact) mass is 699 g/mol. The maximum Gasteiger partial charge on any atom is 0.419 e. The highest BCUT2D eigenvalue weighted by Gasteiger charge is 2.63. The van der Waals surface area contributed by atoms with E-state index in [1.165, 1.54) is 25.3 Å². The summed E-state index contributed by atoms with van der Waals surface area (Å²) >= 11 is 0. The highest BCUT2D eigenvalue weighted by molar-refractivity contribution is 5.95. The molecule has 262 valence electrons. The third kappa shape index (κ3) is 7.65. The van der Waals surface area contributed by atoms with E-state index in [2.05, 4.69) is 15.0 Å². The number of benzene rings is 2. The molecule has 2 heterocycles. The van der Waals surface area contributed by atoms with Crippen molar-refractivity contribution >= 4 is 17.8 Å². The SMILES string of the molecule is COc1cc(C(=O)NC[C@H](c2cc3c(c(-c4ccc(F)cc4)n2)OC[C@@]3(NC(=O)COC(C)=O)C(F)(F)F)C(F)(F)F)ccc1OC1CC1. The largest absolute Gasteiger partial charge is 0.493 e. The summed E-state index contributed by atoms with van der Waals surface area (Å²) in [6, 6.07) is 8.48. The van der Waals surface area contributed by atoms with Crippen LogP contribution in [0.15, 0.2) is 48.5 Å². The minimum Gasteiger partial charge on any atom is -0.493 e. The zero-order chi connectivity index (χ0) is 35.7. The van der Waals surface area contributed by atoms with E-state index in [4.69, 9.17) is 14.2 Å². The van der Waals surface area contributed by atoms with Gasteiger partial charge >= 0.3 is 18.3 Å². The van der Waals surface area contributed by atoms with Gasteiger partial charge in [0.2, 0.25) is 0 Å². The number of hydrogen-bond donors (Lipinski definition) is 2. The maximum atomic E-state index is 14.8. The molecule has 0 saturated heterocycles. The molecule has 17 heteroatoms. The fourth-order valence-corrected chi connectivity index (χ4v) is 5.06. The number of carbonyl (C=O) groups is 3. The normalized spacial score (nSPS) is 17.7. The molecule has 1 fully saturated rings. The van der Waals surface area contributed by atoms with E-state index in [0.717, 1.165) is 44.0 Å². The lowest BCUT2D eigenvalue weighted by atomic mass is 9.88. The van der Waals surface area contributed by atoms with Crippen molar-refractivity contribution in [3.05, 3.63) is 71.2 Å². The van der Waals surface area contributed by atoms with Gasteiger partial charge in [-0.1, -0.05) is 0 Å². The Hall–Kier alpha value is -5.09. The van der Waals surface area contributed by atoms with Crippen molar-refractivity contribution in [2.75, 3.05) is 26.9 Å². The first kappa shape index (κ1) is 35.2. The van der Waals surface area contributed by atoms with Gasteiger partial charge in [0.1, 0.15) is 24.0 Å². The van der Waals surface area contributed by atoms with Gasteiger partial charge in [-0.05, 0) is 61.4 Å². The standard InChI is InChI=1S/C32H28F7N3O7/c1-16(43)47-14-26(44)42-30(32(37,38)39)15-48-28-21(30)12-23(41-27(28)17-3-6-19(33)7-4-17)22(31(34,35)36)13-40-29(45)18-5-10-24(25(11-18)46-2)49-20-8-9-20/h3-7,10-12,20,22H,8-9,13-15H2,1-2H3,(H,40,45)(H,42,44)/t22-,30+/m1/s1. The number of rotatable bonds is 11. The third-order valence-electron chi connectivity index (χ3n) is 7.71. The van der Waals surface area contributed by atoms with Gasteiger partial charge in [-0.15, -0.1) is 0 Å². The minimum atomic E-state index is -5.36. The van der Waals surface area contributed by atoms with Crippen LogP contribution in [-0.4, -0.2) is 68.1 Å². The lowest BCUT2D eigenvalue weighted by Crippen LogP contribution is -2.58. The molecule has 2 amide bonds. The van der Waals surface area contributed by atoms with Gasteiger partial charge < -0.3 is 29.6 Å². The molecule has 0 radical (unpaired) electrons.